The van der Waals surface area contributed by atoms with Crippen LogP contribution in [0.2, 0.25) is 0 Å². The average Bonchev–Trinajstić information content (AvgIpc) is 2.82. The molecular formula is C28H38N2O2. The van der Waals surface area contributed by atoms with Crippen LogP contribution in [0, 0.1) is 6.92 Å². The van der Waals surface area contributed by atoms with Gasteiger partial charge in [-0.25, -0.2) is 0 Å². The number of carbonyl (C=O) groups is 2. The minimum Gasteiger partial charge on any atom is -0.352 e. The Kier molecular flexibility index (Phi) is 8.90. The standard InChI is InChI=1S/C28H38N2O2/c1-4-23-14-16-24(17-15-23)18-19-27(31)30(20-25-12-10-21(2)11-13-25)22(3)28(32)29-26-8-6-5-7-9-26/h10-17,22,26H,4-9,18-20H2,1-3H3,(H,29,32)/t22-/m1/s1. The van der Waals surface area contributed by atoms with E-state index in [0.717, 1.165) is 30.4 Å². The van der Waals surface area contributed by atoms with E-state index in [2.05, 4.69) is 55.6 Å². The van der Waals surface area contributed by atoms with Crippen LogP contribution >= 0.6 is 0 Å². The molecule has 1 atom stereocenters. The molecule has 1 saturated carbocycles. The van der Waals surface area contributed by atoms with Crippen molar-refractivity contribution < 1.29 is 9.59 Å². The highest BCUT2D eigenvalue weighted by molar-refractivity contribution is 5.87. The Bertz CT molecular complexity index is 867. The maximum absolute atomic E-state index is 13.3. The molecule has 1 N–H and O–H groups in total. The van der Waals surface area contributed by atoms with Crippen LogP contribution in [0.3, 0.4) is 0 Å². The molecule has 0 heterocycles. The summed E-state index contributed by atoms with van der Waals surface area (Å²) in [5, 5.41) is 3.20. The van der Waals surface area contributed by atoms with Crippen molar-refractivity contribution in [3.8, 4) is 0 Å². The van der Waals surface area contributed by atoms with E-state index in [4.69, 9.17) is 0 Å². The lowest BCUT2D eigenvalue weighted by Crippen LogP contribution is -2.50. The Labute approximate surface area is 193 Å². The van der Waals surface area contributed by atoms with Crippen LogP contribution in [-0.4, -0.2) is 28.8 Å². The Morgan fingerprint density at radius 2 is 1.53 bits per heavy atom. The zero-order valence-electron chi connectivity index (χ0n) is 19.9. The van der Waals surface area contributed by atoms with E-state index in [1.165, 1.54) is 30.4 Å². The zero-order chi connectivity index (χ0) is 22.9. The van der Waals surface area contributed by atoms with Crippen LogP contribution in [0.4, 0.5) is 0 Å². The second-order valence-corrected chi connectivity index (χ2v) is 9.20. The van der Waals surface area contributed by atoms with E-state index in [0.29, 0.717) is 19.4 Å². The van der Waals surface area contributed by atoms with Gasteiger partial charge in [0.1, 0.15) is 6.04 Å². The summed E-state index contributed by atoms with van der Waals surface area (Å²) >= 11 is 0. The summed E-state index contributed by atoms with van der Waals surface area (Å²) in [4.78, 5) is 28.1. The second kappa shape index (κ2) is 11.8. The lowest BCUT2D eigenvalue weighted by Gasteiger charge is -2.31. The monoisotopic (exact) mass is 434 g/mol. The Hall–Kier alpha value is -2.62. The number of nitrogens with zero attached hydrogens (tertiary/aromatic N) is 1. The van der Waals surface area contributed by atoms with Crippen LogP contribution in [0.1, 0.15) is 74.6 Å². The first-order valence-electron chi connectivity index (χ1n) is 12.2. The van der Waals surface area contributed by atoms with Gasteiger partial charge in [0.25, 0.3) is 0 Å². The molecule has 0 saturated heterocycles. The van der Waals surface area contributed by atoms with Gasteiger partial charge in [0.2, 0.25) is 11.8 Å². The molecule has 1 aliphatic rings. The molecule has 4 nitrogen and oxygen atoms in total. The summed E-state index contributed by atoms with van der Waals surface area (Å²) in [6.45, 7) is 6.51. The van der Waals surface area contributed by atoms with Crippen LogP contribution < -0.4 is 5.32 Å². The lowest BCUT2D eigenvalue weighted by atomic mass is 9.95. The third-order valence-corrected chi connectivity index (χ3v) is 6.65. The number of carbonyl (C=O) groups excluding carboxylic acids is 2. The normalized spacial score (nSPS) is 15.2. The first-order valence-corrected chi connectivity index (χ1v) is 12.2. The maximum Gasteiger partial charge on any atom is 0.242 e. The van der Waals surface area contributed by atoms with Crippen molar-refractivity contribution in [1.29, 1.82) is 0 Å². The van der Waals surface area contributed by atoms with Crippen molar-refractivity contribution in [1.82, 2.24) is 10.2 Å². The predicted octanol–water partition coefficient (Wildman–Crippen LogP) is 5.36. The summed E-state index contributed by atoms with van der Waals surface area (Å²) < 4.78 is 0. The highest BCUT2D eigenvalue weighted by Gasteiger charge is 2.27. The third kappa shape index (κ3) is 6.94. The second-order valence-electron chi connectivity index (χ2n) is 9.20. The van der Waals surface area contributed by atoms with Crippen molar-refractivity contribution in [2.45, 2.75) is 90.8 Å². The quantitative estimate of drug-likeness (QED) is 0.578. The summed E-state index contributed by atoms with van der Waals surface area (Å²) in [6.07, 6.45) is 7.76. The van der Waals surface area contributed by atoms with E-state index in [9.17, 15) is 9.59 Å². The number of aryl methyl sites for hydroxylation is 3. The molecule has 0 aliphatic heterocycles. The van der Waals surface area contributed by atoms with E-state index in [1.54, 1.807) is 4.90 Å². The highest BCUT2D eigenvalue weighted by atomic mass is 16.2. The molecule has 3 rings (SSSR count). The number of benzene rings is 2. The Balaban J connectivity index is 1.68. The maximum atomic E-state index is 13.3. The average molecular weight is 435 g/mol. The smallest absolute Gasteiger partial charge is 0.242 e. The van der Waals surface area contributed by atoms with Gasteiger partial charge in [0.05, 0.1) is 0 Å². The molecule has 0 radical (unpaired) electrons. The van der Waals surface area contributed by atoms with Crippen LogP contribution in [0.5, 0.6) is 0 Å². The fourth-order valence-corrected chi connectivity index (χ4v) is 4.38. The lowest BCUT2D eigenvalue weighted by molar-refractivity contribution is -0.141. The molecule has 32 heavy (non-hydrogen) atoms. The molecular weight excluding hydrogens is 396 g/mol. The van der Waals surface area contributed by atoms with Gasteiger partial charge in [-0.05, 0) is 56.2 Å². The molecule has 0 spiro atoms. The fourth-order valence-electron chi connectivity index (χ4n) is 4.38. The first kappa shape index (κ1) is 24.0. The molecule has 172 valence electrons. The van der Waals surface area contributed by atoms with Crippen LogP contribution in [-0.2, 0) is 29.0 Å². The summed E-state index contributed by atoms with van der Waals surface area (Å²) in [7, 11) is 0. The molecule has 0 bridgehead atoms. The topological polar surface area (TPSA) is 49.4 Å². The SMILES string of the molecule is CCc1ccc(CCC(=O)N(Cc2ccc(C)cc2)[C@H](C)C(=O)NC2CCCCC2)cc1. The zero-order valence-corrected chi connectivity index (χ0v) is 19.9. The molecule has 2 aromatic carbocycles. The number of hydrogen-bond donors (Lipinski definition) is 1. The van der Waals surface area contributed by atoms with Gasteiger partial charge in [-0.3, -0.25) is 9.59 Å². The van der Waals surface area contributed by atoms with Gasteiger partial charge in [0, 0.05) is 19.0 Å². The molecule has 1 aliphatic carbocycles. The van der Waals surface area contributed by atoms with Crippen LogP contribution in [0.25, 0.3) is 0 Å². The van der Waals surface area contributed by atoms with E-state index < -0.39 is 6.04 Å². The number of rotatable bonds is 9. The van der Waals surface area contributed by atoms with Gasteiger partial charge in [0.15, 0.2) is 0 Å². The molecule has 0 aromatic heterocycles. The minimum atomic E-state index is -0.492. The largest absolute Gasteiger partial charge is 0.352 e. The van der Waals surface area contributed by atoms with E-state index in [-0.39, 0.29) is 17.9 Å². The fraction of sp³-hybridized carbons (Fsp3) is 0.500. The minimum absolute atomic E-state index is 0.0245. The van der Waals surface area contributed by atoms with Gasteiger partial charge < -0.3 is 10.2 Å². The molecule has 2 aromatic rings. The molecule has 4 heteroatoms. The van der Waals surface area contributed by atoms with E-state index >= 15 is 0 Å². The summed E-state index contributed by atoms with van der Waals surface area (Å²) in [5.74, 6) is -0.0129. The predicted molar refractivity (Wildman–Crippen MR) is 130 cm³/mol. The molecule has 1 fully saturated rings. The van der Waals surface area contributed by atoms with Crippen molar-refractivity contribution in [2.75, 3.05) is 0 Å². The number of amides is 2. The van der Waals surface area contributed by atoms with Gasteiger partial charge in [-0.15, -0.1) is 0 Å². The van der Waals surface area contributed by atoms with Crippen molar-refractivity contribution in [3.63, 3.8) is 0 Å². The third-order valence-electron chi connectivity index (χ3n) is 6.65. The van der Waals surface area contributed by atoms with Crippen molar-refractivity contribution >= 4 is 11.8 Å². The Morgan fingerprint density at radius 3 is 2.16 bits per heavy atom. The number of hydrogen-bond acceptors (Lipinski definition) is 2. The van der Waals surface area contributed by atoms with Crippen molar-refractivity contribution in [2.24, 2.45) is 0 Å². The van der Waals surface area contributed by atoms with Gasteiger partial charge in [-0.2, -0.15) is 0 Å². The summed E-state index contributed by atoms with van der Waals surface area (Å²) in [6, 6.07) is 16.4. The molecule has 0 unspecified atom stereocenters. The van der Waals surface area contributed by atoms with Gasteiger partial charge in [-0.1, -0.05) is 80.3 Å². The summed E-state index contributed by atoms with van der Waals surface area (Å²) in [5.41, 5.74) is 4.69. The molecule has 2 amide bonds. The van der Waals surface area contributed by atoms with Crippen molar-refractivity contribution in [3.05, 3.63) is 70.8 Å². The van der Waals surface area contributed by atoms with Gasteiger partial charge >= 0.3 is 0 Å². The van der Waals surface area contributed by atoms with E-state index in [1.807, 2.05) is 19.1 Å². The highest BCUT2D eigenvalue weighted by Crippen LogP contribution is 2.19. The first-order chi connectivity index (χ1) is 15.5. The van der Waals surface area contributed by atoms with Crippen LogP contribution in [0.15, 0.2) is 48.5 Å². The number of nitrogens with one attached hydrogen (secondary N) is 1. The Morgan fingerprint density at radius 1 is 0.938 bits per heavy atom.